The number of hydrogen-bond acceptors (Lipinski definition) is 4. The minimum atomic E-state index is -1.10. The molecule has 3 atom stereocenters. The van der Waals surface area contributed by atoms with E-state index in [1.165, 1.54) is 161 Å². The lowest BCUT2D eigenvalue weighted by molar-refractivity contribution is -0.131. The maximum atomic E-state index is 12.4. The highest BCUT2D eigenvalue weighted by Gasteiger charge is 2.22. The van der Waals surface area contributed by atoms with Crippen LogP contribution in [0.25, 0.3) is 0 Å². The fraction of sp³-hybridized carbons (Fsp3) is 0.884. The van der Waals surface area contributed by atoms with Crippen molar-refractivity contribution in [1.82, 2.24) is 5.32 Å². The van der Waals surface area contributed by atoms with Crippen molar-refractivity contribution >= 4 is 5.91 Å². The van der Waals surface area contributed by atoms with E-state index in [1.54, 1.807) is 6.08 Å². The number of unbranched alkanes of at least 4 members (excludes halogenated alkanes) is 28. The summed E-state index contributed by atoms with van der Waals surface area (Å²) in [6.07, 6.45) is 46.6. The van der Waals surface area contributed by atoms with Crippen LogP contribution in [0.5, 0.6) is 0 Å². The third-order valence-corrected chi connectivity index (χ3v) is 9.79. The quantitative estimate of drug-likeness (QED) is 0.0387. The fourth-order valence-corrected chi connectivity index (χ4v) is 6.44. The molecule has 0 rings (SSSR count). The molecule has 0 fully saturated rings. The number of amides is 1. The molecule has 284 valence electrons. The molecule has 4 N–H and O–H groups in total. The third-order valence-electron chi connectivity index (χ3n) is 9.79. The molecular weight excluding hydrogens is 594 g/mol. The molecule has 48 heavy (non-hydrogen) atoms. The Morgan fingerprint density at radius 3 is 1.27 bits per heavy atom. The number of carbonyl (C=O) groups excluding carboxylic acids is 1. The number of hydrogen-bond donors (Lipinski definition) is 4. The van der Waals surface area contributed by atoms with Crippen LogP contribution in [0.3, 0.4) is 0 Å². The Kier molecular flexibility index (Phi) is 37.7. The Labute approximate surface area is 299 Å². The first-order valence-corrected chi connectivity index (χ1v) is 21.2. The Bertz CT molecular complexity index is 709. The number of aliphatic hydroxyl groups is 3. The van der Waals surface area contributed by atoms with Gasteiger partial charge in [0.15, 0.2) is 0 Å². The molecule has 0 bridgehead atoms. The number of carbonyl (C=O) groups is 1. The standard InChI is InChI=1S/C43H83NO4/c1-3-5-7-9-11-13-14-15-16-17-18-19-20-21-22-23-24-25-26-27-28-30-31-33-35-37-41(46)40(39-45)44-43(48)42(47)38-36-34-32-29-12-10-8-6-4-2/h28,30,35,37,40-42,45-47H,3-27,29,31-34,36,38-39H2,1-2H3,(H,44,48)/b30-28+,37-35+. The summed E-state index contributed by atoms with van der Waals surface area (Å²) in [7, 11) is 0. The average molecular weight is 678 g/mol. The van der Waals surface area contributed by atoms with E-state index in [9.17, 15) is 20.1 Å². The van der Waals surface area contributed by atoms with Gasteiger partial charge in [-0.25, -0.2) is 0 Å². The predicted octanol–water partition coefficient (Wildman–Crippen LogP) is 11.8. The molecule has 0 aliphatic heterocycles. The Morgan fingerprint density at radius 1 is 0.500 bits per heavy atom. The summed E-state index contributed by atoms with van der Waals surface area (Å²) in [5, 5.41) is 32.9. The lowest BCUT2D eigenvalue weighted by atomic mass is 10.0. The zero-order chi connectivity index (χ0) is 35.2. The van der Waals surface area contributed by atoms with E-state index >= 15 is 0 Å². The summed E-state index contributed by atoms with van der Waals surface area (Å²) < 4.78 is 0. The molecule has 1 amide bonds. The summed E-state index contributed by atoms with van der Waals surface area (Å²) in [4.78, 5) is 12.4. The second kappa shape index (κ2) is 38.6. The zero-order valence-electron chi connectivity index (χ0n) is 32.1. The molecule has 0 aromatic rings. The van der Waals surface area contributed by atoms with Crippen molar-refractivity contribution in [2.45, 2.75) is 238 Å². The monoisotopic (exact) mass is 678 g/mol. The average Bonchev–Trinajstić information content (AvgIpc) is 3.09. The molecule has 0 saturated carbocycles. The van der Waals surface area contributed by atoms with Gasteiger partial charge in [-0.1, -0.05) is 212 Å². The zero-order valence-corrected chi connectivity index (χ0v) is 32.1. The minimum absolute atomic E-state index is 0.374. The highest BCUT2D eigenvalue weighted by Crippen LogP contribution is 2.15. The van der Waals surface area contributed by atoms with Gasteiger partial charge in [-0.3, -0.25) is 4.79 Å². The Hall–Kier alpha value is -1.17. The lowest BCUT2D eigenvalue weighted by Crippen LogP contribution is -2.48. The van der Waals surface area contributed by atoms with Gasteiger partial charge in [-0.2, -0.15) is 0 Å². The molecular formula is C43H83NO4. The molecule has 0 aromatic heterocycles. The highest BCUT2D eigenvalue weighted by molar-refractivity contribution is 5.80. The molecule has 5 heteroatoms. The summed E-state index contributed by atoms with van der Waals surface area (Å²) in [5.41, 5.74) is 0. The van der Waals surface area contributed by atoms with Crippen LogP contribution >= 0.6 is 0 Å². The van der Waals surface area contributed by atoms with Crippen molar-refractivity contribution in [1.29, 1.82) is 0 Å². The SMILES string of the molecule is CCCCCCCCCCCCCCCCCCCCC/C=C/CC/C=C/C(O)C(CO)NC(=O)C(O)CCCCCCCCCCC. The van der Waals surface area contributed by atoms with Gasteiger partial charge < -0.3 is 20.6 Å². The van der Waals surface area contributed by atoms with Crippen molar-refractivity contribution in [2.24, 2.45) is 0 Å². The van der Waals surface area contributed by atoms with Gasteiger partial charge in [0.1, 0.15) is 6.10 Å². The van der Waals surface area contributed by atoms with Gasteiger partial charge in [-0.15, -0.1) is 0 Å². The van der Waals surface area contributed by atoms with Crippen LogP contribution in [0.1, 0.15) is 219 Å². The van der Waals surface area contributed by atoms with Crippen LogP contribution in [0.2, 0.25) is 0 Å². The second-order valence-electron chi connectivity index (χ2n) is 14.6. The second-order valence-corrected chi connectivity index (χ2v) is 14.6. The van der Waals surface area contributed by atoms with Crippen LogP contribution in [0, 0.1) is 0 Å². The van der Waals surface area contributed by atoms with Gasteiger partial charge >= 0.3 is 0 Å². The first kappa shape index (κ1) is 46.8. The first-order chi connectivity index (χ1) is 23.6. The van der Waals surface area contributed by atoms with E-state index in [4.69, 9.17) is 0 Å². The molecule has 0 aliphatic carbocycles. The summed E-state index contributed by atoms with van der Waals surface area (Å²) in [6, 6.07) is -0.809. The molecule has 0 heterocycles. The van der Waals surface area contributed by atoms with Crippen molar-refractivity contribution in [3.05, 3.63) is 24.3 Å². The molecule has 0 saturated heterocycles. The maximum absolute atomic E-state index is 12.4. The molecule has 0 aromatic carbocycles. The molecule has 0 spiro atoms. The van der Waals surface area contributed by atoms with Gasteiger partial charge in [-0.05, 0) is 32.1 Å². The largest absolute Gasteiger partial charge is 0.394 e. The van der Waals surface area contributed by atoms with E-state index in [-0.39, 0.29) is 6.61 Å². The topological polar surface area (TPSA) is 89.8 Å². The van der Waals surface area contributed by atoms with Crippen molar-refractivity contribution in [3.8, 4) is 0 Å². The molecule has 0 radical (unpaired) electrons. The van der Waals surface area contributed by atoms with Gasteiger partial charge in [0.2, 0.25) is 5.91 Å². The van der Waals surface area contributed by atoms with Crippen LogP contribution in [0.4, 0.5) is 0 Å². The predicted molar refractivity (Wildman–Crippen MR) is 208 cm³/mol. The van der Waals surface area contributed by atoms with Crippen LogP contribution in [0.15, 0.2) is 24.3 Å². The fourth-order valence-electron chi connectivity index (χ4n) is 6.44. The van der Waals surface area contributed by atoms with Gasteiger partial charge in [0.05, 0.1) is 18.8 Å². The highest BCUT2D eigenvalue weighted by atomic mass is 16.3. The maximum Gasteiger partial charge on any atom is 0.249 e. The van der Waals surface area contributed by atoms with Gasteiger partial charge in [0.25, 0.3) is 0 Å². The van der Waals surface area contributed by atoms with E-state index < -0.39 is 24.2 Å². The number of aliphatic hydroxyl groups excluding tert-OH is 3. The van der Waals surface area contributed by atoms with E-state index in [1.807, 2.05) is 6.08 Å². The first-order valence-electron chi connectivity index (χ1n) is 21.2. The lowest BCUT2D eigenvalue weighted by Gasteiger charge is -2.21. The van der Waals surface area contributed by atoms with Gasteiger partial charge in [0, 0.05) is 0 Å². The van der Waals surface area contributed by atoms with Crippen molar-refractivity contribution in [3.63, 3.8) is 0 Å². The summed E-state index contributed by atoms with van der Waals surface area (Å²) in [6.45, 7) is 4.14. The third kappa shape index (κ3) is 33.3. The normalized spacial score (nSPS) is 13.9. The van der Waals surface area contributed by atoms with Crippen LogP contribution in [-0.2, 0) is 4.79 Å². The van der Waals surface area contributed by atoms with E-state index in [2.05, 4.69) is 31.3 Å². The number of nitrogens with one attached hydrogen (secondary N) is 1. The molecule has 3 unspecified atom stereocenters. The Balaban J connectivity index is 3.63. The summed E-state index contributed by atoms with van der Waals surface area (Å²) >= 11 is 0. The molecule has 5 nitrogen and oxygen atoms in total. The summed E-state index contributed by atoms with van der Waals surface area (Å²) in [5.74, 6) is -0.515. The van der Waals surface area contributed by atoms with Crippen molar-refractivity contribution in [2.75, 3.05) is 6.61 Å². The number of allylic oxidation sites excluding steroid dienone is 3. The van der Waals surface area contributed by atoms with E-state index in [0.29, 0.717) is 6.42 Å². The van der Waals surface area contributed by atoms with E-state index in [0.717, 1.165) is 38.5 Å². The number of rotatable bonds is 38. The van der Waals surface area contributed by atoms with Crippen LogP contribution < -0.4 is 5.32 Å². The minimum Gasteiger partial charge on any atom is -0.394 e. The smallest absolute Gasteiger partial charge is 0.249 e. The Morgan fingerprint density at radius 2 is 0.854 bits per heavy atom. The molecule has 0 aliphatic rings. The van der Waals surface area contributed by atoms with Crippen LogP contribution in [-0.4, -0.2) is 46.1 Å². The van der Waals surface area contributed by atoms with Crippen molar-refractivity contribution < 1.29 is 20.1 Å².